The third-order valence-corrected chi connectivity index (χ3v) is 4.08. The van der Waals surface area contributed by atoms with Crippen molar-refractivity contribution in [1.29, 1.82) is 0 Å². The standard InChI is InChI=1S/C7H15NOS.C6H16O3Si.CH3NOS/c1-2-3-4-5-6-9-7(8)10;1-4-7-10(8-5-2)9-6-3;2-1(3)4/h2-6H2,1H3,(H2,8,10);10H,4-6H2,1-3H3;(H3,2,3,4). The number of rotatable bonds is 11. The predicted molar refractivity (Wildman–Crippen MR) is 108 cm³/mol. The van der Waals surface area contributed by atoms with Crippen LogP contribution in [-0.4, -0.2) is 51.4 Å². The Bertz CT molecular complexity index is 272. The van der Waals surface area contributed by atoms with Gasteiger partial charge < -0.3 is 34.6 Å². The number of unbranched alkanes of at least 4 members (excludes halogenated alkanes) is 3. The molecule has 0 atom stereocenters. The fourth-order valence-corrected chi connectivity index (χ4v) is 2.44. The Labute approximate surface area is 158 Å². The van der Waals surface area contributed by atoms with Gasteiger partial charge in [-0.05, 0) is 51.6 Å². The molecule has 0 fully saturated rings. The highest BCUT2D eigenvalue weighted by atomic mass is 32.1. The maximum Gasteiger partial charge on any atom is 0.484 e. The Balaban J connectivity index is -0.000000301. The van der Waals surface area contributed by atoms with Crippen molar-refractivity contribution in [3.8, 4) is 0 Å². The molecule has 24 heavy (non-hydrogen) atoms. The number of aliphatic hydroxyl groups is 1. The first kappa shape index (κ1) is 28.3. The van der Waals surface area contributed by atoms with Crippen molar-refractivity contribution in [3.05, 3.63) is 0 Å². The second kappa shape index (κ2) is 24.7. The topological polar surface area (TPSA) is 109 Å². The molecule has 0 aromatic rings. The number of hydrogen-bond acceptors (Lipinski definition) is 6. The highest BCUT2D eigenvalue weighted by Crippen LogP contribution is 1.98. The zero-order valence-corrected chi connectivity index (χ0v) is 18.1. The van der Waals surface area contributed by atoms with Gasteiger partial charge in [0.1, 0.15) is 0 Å². The second-order valence-electron chi connectivity index (χ2n) is 4.22. The minimum absolute atomic E-state index is 0.163. The van der Waals surface area contributed by atoms with Crippen LogP contribution in [0.2, 0.25) is 0 Å². The van der Waals surface area contributed by atoms with E-state index < -0.39 is 14.7 Å². The lowest BCUT2D eigenvalue weighted by molar-refractivity contribution is 0.107. The van der Waals surface area contributed by atoms with Crippen LogP contribution in [0.25, 0.3) is 0 Å². The van der Waals surface area contributed by atoms with Crippen molar-refractivity contribution in [2.24, 2.45) is 11.5 Å². The van der Waals surface area contributed by atoms with Gasteiger partial charge in [0.05, 0.1) is 6.61 Å². The second-order valence-corrected chi connectivity index (χ2v) is 6.62. The molecule has 10 heteroatoms. The van der Waals surface area contributed by atoms with Gasteiger partial charge in [-0.3, -0.25) is 0 Å². The van der Waals surface area contributed by atoms with E-state index in [0.717, 1.165) is 6.42 Å². The van der Waals surface area contributed by atoms with Crippen LogP contribution in [-0.2, 0) is 18.0 Å². The monoisotopic (exact) mass is 402 g/mol. The normalized spacial score (nSPS) is 9.38. The molecule has 0 amide bonds. The lowest BCUT2D eigenvalue weighted by Gasteiger charge is -2.12. The highest BCUT2D eigenvalue weighted by molar-refractivity contribution is 7.80. The smallest absolute Gasteiger partial charge is 0.484 e. The van der Waals surface area contributed by atoms with Crippen molar-refractivity contribution in [3.63, 3.8) is 0 Å². The minimum atomic E-state index is -1.73. The lowest BCUT2D eigenvalue weighted by atomic mass is 10.2. The van der Waals surface area contributed by atoms with Crippen molar-refractivity contribution in [2.75, 3.05) is 26.4 Å². The first-order chi connectivity index (χ1) is 11.3. The zero-order chi connectivity index (χ0) is 19.2. The van der Waals surface area contributed by atoms with E-state index in [-0.39, 0.29) is 5.17 Å². The number of ether oxygens (including phenoxy) is 1. The summed E-state index contributed by atoms with van der Waals surface area (Å²) in [6, 6.07) is 0. The molecule has 0 heterocycles. The van der Waals surface area contributed by atoms with Gasteiger partial charge in [0, 0.05) is 19.8 Å². The zero-order valence-electron chi connectivity index (χ0n) is 15.3. The Hall–Kier alpha value is -0.523. The molecule has 0 bridgehead atoms. The van der Waals surface area contributed by atoms with Crippen LogP contribution in [0.4, 0.5) is 0 Å². The number of thiocarbonyl (C=S) groups is 2. The Morgan fingerprint density at radius 3 is 1.58 bits per heavy atom. The molecular formula is C14H34N2O5S2Si. The number of nitrogens with two attached hydrogens (primary N) is 2. The van der Waals surface area contributed by atoms with Gasteiger partial charge in [-0.25, -0.2) is 0 Å². The van der Waals surface area contributed by atoms with Gasteiger partial charge >= 0.3 is 9.53 Å². The number of aliphatic hydroxyl groups excluding tert-OH is 1. The summed E-state index contributed by atoms with van der Waals surface area (Å²) in [5.74, 6) is 0. The average molecular weight is 403 g/mol. The van der Waals surface area contributed by atoms with Gasteiger partial charge in [-0.15, -0.1) is 0 Å². The summed E-state index contributed by atoms with van der Waals surface area (Å²) in [7, 11) is -1.73. The molecule has 0 aliphatic carbocycles. The fraction of sp³-hybridized carbons (Fsp3) is 0.857. The minimum Gasteiger partial charge on any atom is -0.487 e. The van der Waals surface area contributed by atoms with E-state index >= 15 is 0 Å². The van der Waals surface area contributed by atoms with E-state index in [1.807, 2.05) is 20.8 Å². The summed E-state index contributed by atoms with van der Waals surface area (Å²) < 4.78 is 20.5. The SMILES string of the molecule is CCCCCCOC(N)=S.CCO[SiH](OCC)OCC.NC(O)=S. The highest BCUT2D eigenvalue weighted by Gasteiger charge is 2.11. The van der Waals surface area contributed by atoms with Crippen LogP contribution in [0.1, 0.15) is 53.4 Å². The van der Waals surface area contributed by atoms with Gasteiger partial charge in [0.2, 0.25) is 0 Å². The van der Waals surface area contributed by atoms with Gasteiger partial charge in [0.15, 0.2) is 0 Å². The van der Waals surface area contributed by atoms with E-state index in [9.17, 15) is 0 Å². The summed E-state index contributed by atoms with van der Waals surface area (Å²) in [6.07, 6.45) is 4.78. The Morgan fingerprint density at radius 2 is 1.29 bits per heavy atom. The van der Waals surface area contributed by atoms with Crippen molar-refractivity contribution in [2.45, 2.75) is 53.4 Å². The van der Waals surface area contributed by atoms with Crippen molar-refractivity contribution < 1.29 is 23.1 Å². The molecular weight excluding hydrogens is 368 g/mol. The fourth-order valence-electron chi connectivity index (χ4n) is 1.25. The molecule has 7 nitrogen and oxygen atoms in total. The van der Waals surface area contributed by atoms with Crippen LogP contribution in [0.15, 0.2) is 0 Å². The Morgan fingerprint density at radius 1 is 0.875 bits per heavy atom. The summed E-state index contributed by atoms with van der Waals surface area (Å²) in [6.45, 7) is 10.7. The van der Waals surface area contributed by atoms with E-state index in [1.165, 1.54) is 19.3 Å². The van der Waals surface area contributed by atoms with Crippen LogP contribution < -0.4 is 11.5 Å². The van der Waals surface area contributed by atoms with Gasteiger partial charge in [0.25, 0.3) is 10.3 Å². The van der Waals surface area contributed by atoms with E-state index in [2.05, 4.69) is 37.1 Å². The van der Waals surface area contributed by atoms with Crippen LogP contribution in [0.3, 0.4) is 0 Å². The molecule has 0 unspecified atom stereocenters. The van der Waals surface area contributed by atoms with Gasteiger partial charge in [-0.1, -0.05) is 26.2 Å². The van der Waals surface area contributed by atoms with E-state index in [4.69, 9.17) is 28.9 Å². The molecule has 0 radical (unpaired) electrons. The summed E-state index contributed by atoms with van der Waals surface area (Å²) in [4.78, 5) is 0. The average Bonchev–Trinajstić information content (AvgIpc) is 2.48. The molecule has 0 saturated carbocycles. The van der Waals surface area contributed by atoms with E-state index in [0.29, 0.717) is 26.4 Å². The third-order valence-electron chi connectivity index (χ3n) is 2.15. The Kier molecular flexibility index (Phi) is 29.1. The molecule has 146 valence electrons. The predicted octanol–water partition coefficient (Wildman–Crippen LogP) is 2.43. The largest absolute Gasteiger partial charge is 0.487 e. The van der Waals surface area contributed by atoms with Crippen molar-refractivity contribution >= 4 is 44.3 Å². The molecule has 0 saturated heterocycles. The van der Waals surface area contributed by atoms with Gasteiger partial charge in [-0.2, -0.15) is 0 Å². The van der Waals surface area contributed by atoms with E-state index in [1.54, 1.807) is 0 Å². The quantitative estimate of drug-likeness (QED) is 0.273. The maximum atomic E-state index is 7.56. The van der Waals surface area contributed by atoms with Crippen LogP contribution in [0.5, 0.6) is 0 Å². The van der Waals surface area contributed by atoms with Crippen LogP contribution in [0, 0.1) is 0 Å². The van der Waals surface area contributed by atoms with Crippen molar-refractivity contribution in [1.82, 2.24) is 0 Å². The molecule has 0 aromatic carbocycles. The molecule has 0 aliphatic heterocycles. The molecule has 5 N–H and O–H groups in total. The van der Waals surface area contributed by atoms with Crippen LogP contribution >= 0.6 is 24.4 Å². The first-order valence-electron chi connectivity index (χ1n) is 8.10. The summed E-state index contributed by atoms with van der Waals surface area (Å²) in [5.41, 5.74) is 9.51. The summed E-state index contributed by atoms with van der Waals surface area (Å²) >= 11 is 8.40. The lowest BCUT2D eigenvalue weighted by Crippen LogP contribution is -2.27. The molecule has 0 spiro atoms. The summed E-state index contributed by atoms with van der Waals surface area (Å²) in [5, 5.41) is 7.23. The molecule has 0 rings (SSSR count). The third kappa shape index (κ3) is 37.6. The number of hydrogen-bond donors (Lipinski definition) is 3. The first-order valence-corrected chi connectivity index (χ1v) is 10.3. The molecule has 0 aliphatic rings. The maximum absolute atomic E-state index is 7.56. The molecule has 0 aromatic heterocycles.